The third kappa shape index (κ3) is 6.73. The van der Waals surface area contributed by atoms with E-state index >= 15 is 0 Å². The first-order valence-electron chi connectivity index (χ1n) is 10.0. The summed E-state index contributed by atoms with van der Waals surface area (Å²) in [5, 5.41) is 5.42. The molecular weight excluding hydrogens is 527 g/mol. The van der Waals surface area contributed by atoms with E-state index in [0.717, 1.165) is 29.3 Å². The van der Waals surface area contributed by atoms with Gasteiger partial charge in [0.15, 0.2) is 5.11 Å². The highest BCUT2D eigenvalue weighted by atomic mass is 127. The molecule has 3 rings (SSSR count). The smallest absolute Gasteiger partial charge is 0.269 e. The Kier molecular flexibility index (Phi) is 8.35. The minimum Gasteiger partial charge on any atom is -0.326 e. The zero-order chi connectivity index (χ0) is 22.2. The second-order valence-electron chi connectivity index (χ2n) is 7.24. The van der Waals surface area contributed by atoms with Gasteiger partial charge in [-0.25, -0.2) is 0 Å². The van der Waals surface area contributed by atoms with Crippen molar-refractivity contribution in [1.29, 1.82) is 0 Å². The van der Waals surface area contributed by atoms with Crippen molar-refractivity contribution in [3.8, 4) is 0 Å². The predicted octanol–water partition coefficient (Wildman–Crippen LogP) is 3.76. The number of carbonyl (C=O) groups excluding carboxylic acids is 3. The first-order valence-corrected chi connectivity index (χ1v) is 11.5. The van der Waals surface area contributed by atoms with Crippen molar-refractivity contribution >= 4 is 63.3 Å². The molecule has 0 radical (unpaired) electrons. The van der Waals surface area contributed by atoms with Crippen LogP contribution in [-0.4, -0.2) is 22.8 Å². The normalized spacial score (nSPS) is 13.7. The fourth-order valence-corrected chi connectivity index (χ4v) is 4.12. The van der Waals surface area contributed by atoms with Crippen molar-refractivity contribution in [3.05, 3.63) is 63.2 Å². The molecule has 1 fully saturated rings. The molecule has 7 nitrogen and oxygen atoms in total. The summed E-state index contributed by atoms with van der Waals surface area (Å²) in [6, 6.07) is 13.7. The van der Waals surface area contributed by atoms with Gasteiger partial charge in [0.05, 0.1) is 5.56 Å². The molecular formula is C22H23IN4O3S. The number of rotatable bonds is 4. The molecule has 0 aliphatic heterocycles. The lowest BCUT2D eigenvalue weighted by Gasteiger charge is -2.20. The lowest BCUT2D eigenvalue weighted by molar-refractivity contribution is -0.120. The SMILES string of the molecule is O=C(NNC(=S)NC(=O)c1ccccc1I)c1ccc(NC(=O)C2CCCCC2)cc1. The quantitative estimate of drug-likeness (QED) is 0.264. The Hall–Kier alpha value is -2.53. The molecule has 1 saturated carbocycles. The van der Waals surface area contributed by atoms with Gasteiger partial charge in [-0.1, -0.05) is 31.4 Å². The van der Waals surface area contributed by atoms with E-state index in [-0.39, 0.29) is 22.8 Å². The first kappa shape index (κ1) is 23.1. The summed E-state index contributed by atoms with van der Waals surface area (Å²) in [6.07, 6.45) is 5.24. The lowest BCUT2D eigenvalue weighted by atomic mass is 9.88. The number of nitrogens with one attached hydrogen (secondary N) is 4. The summed E-state index contributed by atoms with van der Waals surface area (Å²) in [5.41, 5.74) is 6.49. The molecule has 31 heavy (non-hydrogen) atoms. The van der Waals surface area contributed by atoms with Crippen LogP contribution in [0, 0.1) is 9.49 Å². The number of amides is 3. The second-order valence-corrected chi connectivity index (χ2v) is 8.81. The molecule has 1 aliphatic carbocycles. The number of anilines is 1. The van der Waals surface area contributed by atoms with Gasteiger partial charge in [0.25, 0.3) is 11.8 Å². The minimum absolute atomic E-state index is 0.0191. The molecule has 162 valence electrons. The van der Waals surface area contributed by atoms with E-state index in [1.54, 1.807) is 36.4 Å². The highest BCUT2D eigenvalue weighted by molar-refractivity contribution is 14.1. The van der Waals surface area contributed by atoms with E-state index in [1.165, 1.54) is 6.42 Å². The van der Waals surface area contributed by atoms with E-state index in [0.29, 0.717) is 16.8 Å². The first-order chi connectivity index (χ1) is 14.9. The summed E-state index contributed by atoms with van der Waals surface area (Å²) in [6.45, 7) is 0. The van der Waals surface area contributed by atoms with E-state index in [2.05, 4.69) is 44.1 Å². The molecule has 0 spiro atoms. The van der Waals surface area contributed by atoms with Crippen molar-refractivity contribution < 1.29 is 14.4 Å². The number of thiocarbonyl (C=S) groups is 1. The maximum absolute atomic E-state index is 12.3. The molecule has 9 heteroatoms. The molecule has 2 aromatic carbocycles. The molecule has 0 bridgehead atoms. The highest BCUT2D eigenvalue weighted by Crippen LogP contribution is 2.25. The Morgan fingerprint density at radius 3 is 2.23 bits per heavy atom. The topological polar surface area (TPSA) is 99.3 Å². The van der Waals surface area contributed by atoms with Crippen LogP contribution < -0.4 is 21.5 Å². The Balaban J connectivity index is 1.46. The van der Waals surface area contributed by atoms with Gasteiger partial charge in [-0.05, 0) is 84.0 Å². The molecule has 0 atom stereocenters. The fraction of sp³-hybridized carbons (Fsp3) is 0.273. The zero-order valence-electron chi connectivity index (χ0n) is 16.7. The highest BCUT2D eigenvalue weighted by Gasteiger charge is 2.21. The van der Waals surface area contributed by atoms with Crippen LogP contribution in [0.25, 0.3) is 0 Å². The Labute approximate surface area is 199 Å². The third-order valence-corrected chi connectivity index (χ3v) is 6.17. The van der Waals surface area contributed by atoms with Gasteiger partial charge < -0.3 is 5.32 Å². The largest absolute Gasteiger partial charge is 0.326 e. The average Bonchev–Trinajstić information content (AvgIpc) is 2.78. The van der Waals surface area contributed by atoms with Gasteiger partial charge in [0, 0.05) is 20.7 Å². The van der Waals surface area contributed by atoms with Gasteiger partial charge in [-0.15, -0.1) is 0 Å². The maximum atomic E-state index is 12.3. The van der Waals surface area contributed by atoms with Crippen LogP contribution >= 0.6 is 34.8 Å². The van der Waals surface area contributed by atoms with Gasteiger partial charge in [-0.3, -0.25) is 30.6 Å². The summed E-state index contributed by atoms with van der Waals surface area (Å²) >= 11 is 7.13. The standard InChI is InChI=1S/C22H23IN4O3S/c23-18-9-5-4-8-17(18)21(30)25-22(31)27-26-20(29)15-10-12-16(13-11-15)24-19(28)14-6-2-1-3-7-14/h4-5,8-14H,1-3,6-7H2,(H,24,28)(H,26,29)(H2,25,27,30,31). The molecule has 0 aromatic heterocycles. The van der Waals surface area contributed by atoms with Crippen LogP contribution in [-0.2, 0) is 4.79 Å². The van der Waals surface area contributed by atoms with E-state index < -0.39 is 5.91 Å². The molecule has 0 saturated heterocycles. The van der Waals surface area contributed by atoms with Crippen LogP contribution in [0.1, 0.15) is 52.8 Å². The number of halogens is 1. The van der Waals surface area contributed by atoms with Gasteiger partial charge in [0.1, 0.15) is 0 Å². The van der Waals surface area contributed by atoms with E-state index in [9.17, 15) is 14.4 Å². The van der Waals surface area contributed by atoms with Crippen LogP contribution in [0.15, 0.2) is 48.5 Å². The number of hydrogen-bond donors (Lipinski definition) is 4. The van der Waals surface area contributed by atoms with Gasteiger partial charge in [0.2, 0.25) is 5.91 Å². The summed E-state index contributed by atoms with van der Waals surface area (Å²) in [4.78, 5) is 36.9. The molecule has 4 N–H and O–H groups in total. The predicted molar refractivity (Wildman–Crippen MR) is 131 cm³/mol. The van der Waals surface area contributed by atoms with Crippen LogP contribution in [0.4, 0.5) is 5.69 Å². The summed E-state index contributed by atoms with van der Waals surface area (Å²) in [5.74, 6) is -0.685. The number of hydrazine groups is 1. The Bertz CT molecular complexity index is 975. The van der Waals surface area contributed by atoms with Crippen molar-refractivity contribution in [3.63, 3.8) is 0 Å². The van der Waals surface area contributed by atoms with Gasteiger partial charge >= 0.3 is 0 Å². The van der Waals surface area contributed by atoms with Crippen molar-refractivity contribution in [2.75, 3.05) is 5.32 Å². The lowest BCUT2D eigenvalue weighted by Crippen LogP contribution is -2.48. The minimum atomic E-state index is -0.420. The van der Waals surface area contributed by atoms with Crippen LogP contribution in [0.3, 0.4) is 0 Å². The van der Waals surface area contributed by atoms with Crippen molar-refractivity contribution in [2.45, 2.75) is 32.1 Å². The number of benzene rings is 2. The van der Waals surface area contributed by atoms with Crippen LogP contribution in [0.5, 0.6) is 0 Å². The average molecular weight is 550 g/mol. The zero-order valence-corrected chi connectivity index (χ0v) is 19.7. The third-order valence-electron chi connectivity index (χ3n) is 5.03. The monoisotopic (exact) mass is 550 g/mol. The Morgan fingerprint density at radius 2 is 1.55 bits per heavy atom. The van der Waals surface area contributed by atoms with Crippen molar-refractivity contribution in [2.24, 2.45) is 5.92 Å². The Morgan fingerprint density at radius 1 is 0.871 bits per heavy atom. The number of carbonyl (C=O) groups is 3. The summed E-state index contributed by atoms with van der Waals surface area (Å²) in [7, 11) is 0. The fourth-order valence-electron chi connectivity index (χ4n) is 3.35. The number of hydrogen-bond acceptors (Lipinski definition) is 4. The maximum Gasteiger partial charge on any atom is 0.269 e. The van der Waals surface area contributed by atoms with Crippen molar-refractivity contribution in [1.82, 2.24) is 16.2 Å². The molecule has 0 unspecified atom stereocenters. The summed E-state index contributed by atoms with van der Waals surface area (Å²) < 4.78 is 0.792. The molecule has 2 aromatic rings. The van der Waals surface area contributed by atoms with E-state index in [4.69, 9.17) is 12.2 Å². The molecule has 3 amide bonds. The second kappa shape index (κ2) is 11.2. The molecule has 1 aliphatic rings. The van der Waals surface area contributed by atoms with Crippen LogP contribution in [0.2, 0.25) is 0 Å². The molecule has 0 heterocycles. The van der Waals surface area contributed by atoms with Gasteiger partial charge in [-0.2, -0.15) is 0 Å². The van der Waals surface area contributed by atoms with E-state index in [1.807, 2.05) is 12.1 Å².